The van der Waals surface area contributed by atoms with Crippen molar-refractivity contribution in [2.24, 2.45) is 0 Å². The number of hydrogen-bond acceptors (Lipinski definition) is 3. The zero-order chi connectivity index (χ0) is 14.8. The summed E-state index contributed by atoms with van der Waals surface area (Å²) in [6, 6.07) is 9.12. The Bertz CT molecular complexity index is 612. The summed E-state index contributed by atoms with van der Waals surface area (Å²) in [5.41, 5.74) is 5.45. The topological polar surface area (TPSA) is 55.5 Å². The number of nitrogens with two attached hydrogens (primary N) is 1. The monoisotopic (exact) mass is 283 g/mol. The van der Waals surface area contributed by atoms with Crippen molar-refractivity contribution in [1.29, 1.82) is 0 Å². The first-order valence-corrected chi connectivity index (χ1v) is 5.73. The Labute approximate surface area is 113 Å². The third kappa shape index (κ3) is 3.34. The van der Waals surface area contributed by atoms with Gasteiger partial charge in [0.25, 0.3) is 0 Å². The molecule has 0 fully saturated rings. The van der Waals surface area contributed by atoms with E-state index in [1.54, 1.807) is 0 Å². The van der Waals surface area contributed by atoms with E-state index in [-0.39, 0.29) is 18.1 Å². The maximum atomic E-state index is 12.5. The van der Waals surface area contributed by atoms with E-state index in [0.29, 0.717) is 11.3 Å². The molecule has 0 saturated heterocycles. The van der Waals surface area contributed by atoms with Crippen LogP contribution in [-0.2, 0) is 12.8 Å². The van der Waals surface area contributed by atoms with Crippen LogP contribution in [0.4, 0.5) is 18.9 Å². The third-order valence-corrected chi connectivity index (χ3v) is 2.63. The Kier molecular flexibility index (Phi) is 3.74. The smallest absolute Gasteiger partial charge is 0.416 e. The van der Waals surface area contributed by atoms with E-state index in [9.17, 15) is 18.3 Å². The lowest BCUT2D eigenvalue weighted by Gasteiger charge is -2.11. The Balaban J connectivity index is 2.11. The van der Waals surface area contributed by atoms with E-state index >= 15 is 0 Å². The average molecular weight is 283 g/mol. The minimum Gasteiger partial charge on any atom is -0.504 e. The molecule has 0 bridgehead atoms. The number of phenolic OH excluding ortho intramolecular Hbond substituents is 1. The number of anilines is 1. The standard InChI is InChI=1S/C14H12F3NO2/c15-14(16,17)10-3-1-2-9(6-10)8-20-13-5-4-11(18)7-12(13)19/h1-7,19H,8,18H2. The van der Waals surface area contributed by atoms with Crippen molar-refractivity contribution in [3.8, 4) is 11.5 Å². The Morgan fingerprint density at radius 3 is 2.50 bits per heavy atom. The van der Waals surface area contributed by atoms with Crippen LogP contribution in [0.15, 0.2) is 42.5 Å². The highest BCUT2D eigenvalue weighted by atomic mass is 19.4. The lowest BCUT2D eigenvalue weighted by Crippen LogP contribution is -2.06. The van der Waals surface area contributed by atoms with Crippen molar-refractivity contribution < 1.29 is 23.0 Å². The zero-order valence-corrected chi connectivity index (χ0v) is 10.3. The summed E-state index contributed by atoms with van der Waals surface area (Å²) in [6.07, 6.45) is -4.39. The number of alkyl halides is 3. The van der Waals surface area contributed by atoms with Crippen molar-refractivity contribution in [2.75, 3.05) is 5.73 Å². The lowest BCUT2D eigenvalue weighted by atomic mass is 10.1. The highest BCUT2D eigenvalue weighted by Gasteiger charge is 2.30. The largest absolute Gasteiger partial charge is 0.504 e. The van der Waals surface area contributed by atoms with E-state index in [4.69, 9.17) is 10.5 Å². The maximum Gasteiger partial charge on any atom is 0.416 e. The van der Waals surface area contributed by atoms with Gasteiger partial charge in [-0.3, -0.25) is 0 Å². The number of rotatable bonds is 3. The van der Waals surface area contributed by atoms with Crippen LogP contribution in [-0.4, -0.2) is 5.11 Å². The van der Waals surface area contributed by atoms with Gasteiger partial charge in [-0.2, -0.15) is 13.2 Å². The molecule has 0 unspecified atom stereocenters. The predicted molar refractivity (Wildman–Crippen MR) is 68.3 cm³/mol. The number of hydrogen-bond donors (Lipinski definition) is 2. The molecule has 0 spiro atoms. The Hall–Kier alpha value is -2.37. The average Bonchev–Trinajstić information content (AvgIpc) is 2.37. The number of halogens is 3. The van der Waals surface area contributed by atoms with Crippen LogP contribution in [0, 0.1) is 0 Å². The van der Waals surface area contributed by atoms with Crippen LogP contribution in [0.5, 0.6) is 11.5 Å². The molecular weight excluding hydrogens is 271 g/mol. The molecule has 2 aromatic carbocycles. The van der Waals surface area contributed by atoms with Crippen molar-refractivity contribution in [1.82, 2.24) is 0 Å². The first kappa shape index (κ1) is 14.0. The van der Waals surface area contributed by atoms with Gasteiger partial charge in [0.1, 0.15) is 6.61 Å². The predicted octanol–water partition coefficient (Wildman–Crippen LogP) is 3.57. The second-order valence-corrected chi connectivity index (χ2v) is 4.21. The molecule has 106 valence electrons. The van der Waals surface area contributed by atoms with Gasteiger partial charge in [0.2, 0.25) is 0 Å². The number of benzene rings is 2. The first-order valence-electron chi connectivity index (χ1n) is 5.73. The third-order valence-electron chi connectivity index (χ3n) is 2.63. The molecule has 0 heterocycles. The molecule has 0 radical (unpaired) electrons. The van der Waals surface area contributed by atoms with Gasteiger partial charge in [0.15, 0.2) is 11.5 Å². The van der Waals surface area contributed by atoms with Gasteiger partial charge in [0, 0.05) is 11.8 Å². The van der Waals surface area contributed by atoms with Gasteiger partial charge >= 0.3 is 6.18 Å². The summed E-state index contributed by atoms with van der Waals surface area (Å²) in [5, 5.41) is 9.57. The van der Waals surface area contributed by atoms with Gasteiger partial charge in [-0.1, -0.05) is 12.1 Å². The molecule has 0 saturated carbocycles. The first-order chi connectivity index (χ1) is 9.36. The Morgan fingerprint density at radius 2 is 1.85 bits per heavy atom. The van der Waals surface area contributed by atoms with Crippen LogP contribution in [0.25, 0.3) is 0 Å². The highest BCUT2D eigenvalue weighted by molar-refractivity contribution is 5.51. The minimum atomic E-state index is -4.39. The van der Waals surface area contributed by atoms with E-state index in [2.05, 4.69) is 0 Å². The summed E-state index contributed by atoms with van der Waals surface area (Å²) in [5.74, 6) is 0.00795. The second-order valence-electron chi connectivity index (χ2n) is 4.21. The van der Waals surface area contributed by atoms with Crippen LogP contribution in [0.1, 0.15) is 11.1 Å². The molecule has 20 heavy (non-hydrogen) atoms. The van der Waals surface area contributed by atoms with Gasteiger partial charge in [-0.05, 0) is 29.8 Å². The lowest BCUT2D eigenvalue weighted by molar-refractivity contribution is -0.137. The maximum absolute atomic E-state index is 12.5. The molecule has 3 nitrogen and oxygen atoms in total. The van der Waals surface area contributed by atoms with Gasteiger partial charge in [-0.25, -0.2) is 0 Å². The van der Waals surface area contributed by atoms with Gasteiger partial charge in [-0.15, -0.1) is 0 Å². The van der Waals surface area contributed by atoms with Crippen LogP contribution in [0.2, 0.25) is 0 Å². The molecule has 0 atom stereocenters. The molecule has 0 amide bonds. The van der Waals surface area contributed by atoms with Crippen LogP contribution < -0.4 is 10.5 Å². The highest BCUT2D eigenvalue weighted by Crippen LogP contribution is 2.31. The van der Waals surface area contributed by atoms with Crippen molar-refractivity contribution >= 4 is 5.69 Å². The summed E-state index contributed by atoms with van der Waals surface area (Å²) in [4.78, 5) is 0. The summed E-state index contributed by atoms with van der Waals surface area (Å²) < 4.78 is 42.9. The molecule has 0 aliphatic heterocycles. The van der Waals surface area contributed by atoms with Crippen molar-refractivity contribution in [3.63, 3.8) is 0 Å². The van der Waals surface area contributed by atoms with E-state index in [0.717, 1.165) is 12.1 Å². The Morgan fingerprint density at radius 1 is 1.10 bits per heavy atom. The van der Waals surface area contributed by atoms with Gasteiger partial charge < -0.3 is 15.6 Å². The summed E-state index contributed by atoms with van der Waals surface area (Å²) in [7, 11) is 0. The van der Waals surface area contributed by atoms with Crippen LogP contribution >= 0.6 is 0 Å². The molecule has 0 aromatic heterocycles. The second kappa shape index (κ2) is 5.32. The number of phenols is 1. The molecule has 0 aliphatic carbocycles. The van der Waals surface area contributed by atoms with E-state index in [1.165, 1.54) is 30.3 Å². The van der Waals surface area contributed by atoms with Gasteiger partial charge in [0.05, 0.1) is 5.56 Å². The molecule has 2 aromatic rings. The van der Waals surface area contributed by atoms with Crippen LogP contribution in [0.3, 0.4) is 0 Å². The molecule has 2 rings (SSSR count). The van der Waals surface area contributed by atoms with Crippen molar-refractivity contribution in [2.45, 2.75) is 12.8 Å². The molecule has 3 N–H and O–H groups in total. The molecule has 6 heteroatoms. The normalized spacial score (nSPS) is 11.3. The van der Waals surface area contributed by atoms with E-state index < -0.39 is 11.7 Å². The fourth-order valence-corrected chi connectivity index (χ4v) is 1.65. The SMILES string of the molecule is Nc1ccc(OCc2cccc(C(F)(F)F)c2)c(O)c1. The quantitative estimate of drug-likeness (QED) is 0.847. The van der Waals surface area contributed by atoms with E-state index in [1.807, 2.05) is 0 Å². The molecule has 0 aliphatic rings. The number of aromatic hydroxyl groups is 1. The number of ether oxygens (including phenoxy) is 1. The fourth-order valence-electron chi connectivity index (χ4n) is 1.65. The summed E-state index contributed by atoms with van der Waals surface area (Å²) in [6.45, 7) is -0.0819. The molecular formula is C14H12F3NO2. The minimum absolute atomic E-state index is 0.0819. The number of nitrogen functional groups attached to an aromatic ring is 1. The zero-order valence-electron chi connectivity index (χ0n) is 10.3. The summed E-state index contributed by atoms with van der Waals surface area (Å²) >= 11 is 0. The fraction of sp³-hybridized carbons (Fsp3) is 0.143. The van der Waals surface area contributed by atoms with Crippen molar-refractivity contribution in [3.05, 3.63) is 53.6 Å².